The fraction of sp³-hybridized carbons (Fsp3) is 0.533. The van der Waals surface area contributed by atoms with Crippen molar-refractivity contribution in [1.29, 1.82) is 0 Å². The van der Waals surface area contributed by atoms with Gasteiger partial charge in [-0.15, -0.1) is 11.3 Å². The van der Waals surface area contributed by atoms with E-state index in [9.17, 15) is 0 Å². The minimum absolute atomic E-state index is 0.481. The third-order valence-corrected chi connectivity index (χ3v) is 7.60. The quantitative estimate of drug-likeness (QED) is 0.335. The molecule has 4 rings (SSSR count). The lowest BCUT2D eigenvalue weighted by molar-refractivity contribution is 0.251. The van der Waals surface area contributed by atoms with Crippen molar-refractivity contribution in [2.45, 2.75) is 86.7 Å². The number of unbranched alkanes of at least 4 members (excludes halogenated alkanes) is 1. The van der Waals surface area contributed by atoms with Gasteiger partial charge in [-0.1, -0.05) is 76.6 Å². The van der Waals surface area contributed by atoms with Gasteiger partial charge in [0.25, 0.3) is 0 Å². The Morgan fingerprint density at radius 2 is 1.76 bits per heavy atom. The Labute approximate surface area is 207 Å². The number of aryl methyl sites for hydroxylation is 2. The predicted octanol–water partition coefficient (Wildman–Crippen LogP) is 8.45. The molecule has 1 atom stereocenters. The number of fused-ring (bicyclic) bond motifs is 3. The SMILES string of the molecule is CC.CC.CCC(NCCCCN1CCc2sc3ccc(C)cc3c2C1)c1ccccc1C. The molecule has 0 saturated carbocycles. The van der Waals surface area contributed by atoms with Crippen molar-refractivity contribution in [3.63, 3.8) is 0 Å². The van der Waals surface area contributed by atoms with Crippen LogP contribution >= 0.6 is 11.3 Å². The molecule has 33 heavy (non-hydrogen) atoms. The smallest absolute Gasteiger partial charge is 0.0349 e. The van der Waals surface area contributed by atoms with Crippen LogP contribution in [0.5, 0.6) is 0 Å². The summed E-state index contributed by atoms with van der Waals surface area (Å²) >= 11 is 2.01. The van der Waals surface area contributed by atoms with Gasteiger partial charge in [-0.3, -0.25) is 4.90 Å². The second-order valence-electron chi connectivity index (χ2n) is 8.51. The molecule has 0 bridgehead atoms. The van der Waals surface area contributed by atoms with Gasteiger partial charge in [-0.2, -0.15) is 0 Å². The van der Waals surface area contributed by atoms with Gasteiger partial charge in [-0.05, 0) is 80.8 Å². The maximum atomic E-state index is 3.79. The average Bonchev–Trinajstić information content (AvgIpc) is 3.22. The Morgan fingerprint density at radius 1 is 1.00 bits per heavy atom. The monoisotopic (exact) mass is 466 g/mol. The molecule has 2 heterocycles. The summed E-state index contributed by atoms with van der Waals surface area (Å²) in [6.45, 7) is 19.4. The number of nitrogens with zero attached hydrogens (tertiary/aromatic N) is 1. The Kier molecular flexibility index (Phi) is 12.2. The van der Waals surface area contributed by atoms with E-state index in [0.29, 0.717) is 6.04 Å². The molecule has 0 radical (unpaired) electrons. The molecule has 182 valence electrons. The van der Waals surface area contributed by atoms with Gasteiger partial charge in [0.2, 0.25) is 0 Å². The predicted molar refractivity (Wildman–Crippen MR) is 150 cm³/mol. The van der Waals surface area contributed by atoms with Gasteiger partial charge in [0, 0.05) is 28.7 Å². The first-order chi connectivity index (χ1) is 16.2. The summed E-state index contributed by atoms with van der Waals surface area (Å²) < 4.78 is 1.47. The van der Waals surface area contributed by atoms with Crippen LogP contribution in [0, 0.1) is 13.8 Å². The van der Waals surface area contributed by atoms with E-state index in [4.69, 9.17) is 0 Å². The number of nitrogens with one attached hydrogen (secondary N) is 1. The first-order valence-corrected chi connectivity index (χ1v) is 14.0. The maximum Gasteiger partial charge on any atom is 0.0349 e. The first kappa shape index (κ1) is 27.6. The summed E-state index contributed by atoms with van der Waals surface area (Å²) in [5, 5.41) is 5.29. The van der Waals surface area contributed by atoms with E-state index in [1.54, 1.807) is 10.4 Å². The fourth-order valence-electron chi connectivity index (χ4n) is 4.63. The summed E-state index contributed by atoms with van der Waals surface area (Å²) in [5.41, 5.74) is 5.83. The number of rotatable bonds is 8. The van der Waals surface area contributed by atoms with Crippen LogP contribution in [0.4, 0.5) is 0 Å². The normalized spacial score (nSPS) is 14.0. The lowest BCUT2D eigenvalue weighted by Gasteiger charge is -2.27. The molecule has 0 saturated heterocycles. The van der Waals surface area contributed by atoms with Crippen LogP contribution in [0.1, 0.15) is 87.1 Å². The zero-order chi connectivity index (χ0) is 24.2. The largest absolute Gasteiger partial charge is 0.310 e. The van der Waals surface area contributed by atoms with Gasteiger partial charge in [0.15, 0.2) is 0 Å². The van der Waals surface area contributed by atoms with Crippen molar-refractivity contribution in [3.05, 3.63) is 69.6 Å². The van der Waals surface area contributed by atoms with Gasteiger partial charge in [0.1, 0.15) is 0 Å². The lowest BCUT2D eigenvalue weighted by atomic mass is 9.99. The number of benzene rings is 2. The molecule has 2 nitrogen and oxygen atoms in total. The Balaban J connectivity index is 0.000000914. The van der Waals surface area contributed by atoms with Crippen molar-refractivity contribution in [2.75, 3.05) is 19.6 Å². The number of hydrogen-bond acceptors (Lipinski definition) is 3. The summed E-state index contributed by atoms with van der Waals surface area (Å²) in [4.78, 5) is 4.28. The zero-order valence-electron chi connectivity index (χ0n) is 22.1. The van der Waals surface area contributed by atoms with Crippen molar-refractivity contribution < 1.29 is 0 Å². The lowest BCUT2D eigenvalue weighted by Crippen LogP contribution is -2.31. The molecule has 3 aromatic rings. The van der Waals surface area contributed by atoms with E-state index in [1.165, 1.54) is 59.1 Å². The van der Waals surface area contributed by atoms with Crippen LogP contribution in [0.25, 0.3) is 10.1 Å². The van der Waals surface area contributed by atoms with E-state index in [2.05, 4.69) is 73.5 Å². The average molecular weight is 467 g/mol. The highest BCUT2D eigenvalue weighted by Crippen LogP contribution is 2.35. The highest BCUT2D eigenvalue weighted by atomic mass is 32.1. The van der Waals surface area contributed by atoms with Gasteiger partial charge < -0.3 is 5.32 Å². The van der Waals surface area contributed by atoms with Gasteiger partial charge in [0.05, 0.1) is 0 Å². The highest BCUT2D eigenvalue weighted by molar-refractivity contribution is 7.19. The van der Waals surface area contributed by atoms with E-state index >= 15 is 0 Å². The summed E-state index contributed by atoms with van der Waals surface area (Å²) in [6.07, 6.45) is 4.88. The molecule has 1 aliphatic heterocycles. The van der Waals surface area contributed by atoms with Crippen LogP contribution in [0.2, 0.25) is 0 Å². The highest BCUT2D eigenvalue weighted by Gasteiger charge is 2.20. The van der Waals surface area contributed by atoms with E-state index in [0.717, 1.165) is 19.5 Å². The molecule has 0 fully saturated rings. The third kappa shape index (κ3) is 7.40. The first-order valence-electron chi connectivity index (χ1n) is 13.2. The zero-order valence-corrected chi connectivity index (χ0v) is 22.9. The van der Waals surface area contributed by atoms with Crippen LogP contribution in [-0.2, 0) is 13.0 Å². The van der Waals surface area contributed by atoms with Crippen LogP contribution in [0.3, 0.4) is 0 Å². The summed E-state index contributed by atoms with van der Waals surface area (Å²) in [5.74, 6) is 0. The van der Waals surface area contributed by atoms with Crippen molar-refractivity contribution in [3.8, 4) is 0 Å². The van der Waals surface area contributed by atoms with Gasteiger partial charge >= 0.3 is 0 Å². The summed E-state index contributed by atoms with van der Waals surface area (Å²) in [6, 6.07) is 16.2. The molecule has 1 aliphatic rings. The van der Waals surface area contributed by atoms with Crippen molar-refractivity contribution in [1.82, 2.24) is 10.2 Å². The van der Waals surface area contributed by atoms with Crippen LogP contribution in [-0.4, -0.2) is 24.5 Å². The molecular formula is C30H46N2S. The molecule has 3 heteroatoms. The molecule has 1 N–H and O–H groups in total. The van der Waals surface area contributed by atoms with E-state index < -0.39 is 0 Å². The minimum Gasteiger partial charge on any atom is -0.310 e. The van der Waals surface area contributed by atoms with E-state index in [-0.39, 0.29) is 0 Å². The topological polar surface area (TPSA) is 15.3 Å². The Hall–Kier alpha value is -1.68. The molecular weight excluding hydrogens is 420 g/mol. The molecule has 0 aliphatic carbocycles. The van der Waals surface area contributed by atoms with Crippen LogP contribution in [0.15, 0.2) is 42.5 Å². The summed E-state index contributed by atoms with van der Waals surface area (Å²) in [7, 11) is 0. The number of hydrogen-bond donors (Lipinski definition) is 1. The molecule has 1 unspecified atom stereocenters. The second kappa shape index (κ2) is 14.6. The molecule has 0 spiro atoms. The van der Waals surface area contributed by atoms with Crippen molar-refractivity contribution in [2.24, 2.45) is 0 Å². The standard InChI is InChI=1S/C26H34N2S.2C2H6/c1-4-24(21-10-6-5-9-20(21)3)27-14-7-8-15-28-16-13-26-23(18-28)22-17-19(2)11-12-25(22)29-26;2*1-2/h5-6,9-12,17,24,27H,4,7-8,13-16,18H2,1-3H3;2*1-2H3. The van der Waals surface area contributed by atoms with Crippen LogP contribution < -0.4 is 5.32 Å². The Morgan fingerprint density at radius 3 is 2.48 bits per heavy atom. The minimum atomic E-state index is 0.481. The number of thiophene rings is 1. The Bertz CT molecular complexity index is 959. The third-order valence-electron chi connectivity index (χ3n) is 6.33. The molecule has 0 amide bonds. The molecule has 2 aromatic carbocycles. The molecule has 1 aromatic heterocycles. The van der Waals surface area contributed by atoms with E-state index in [1.807, 2.05) is 39.0 Å². The second-order valence-corrected chi connectivity index (χ2v) is 9.64. The van der Waals surface area contributed by atoms with Gasteiger partial charge in [-0.25, -0.2) is 0 Å². The van der Waals surface area contributed by atoms with Crippen molar-refractivity contribution >= 4 is 21.4 Å². The maximum absolute atomic E-state index is 3.79. The fourth-order valence-corrected chi connectivity index (χ4v) is 5.81.